The Labute approximate surface area is 104 Å². The summed E-state index contributed by atoms with van der Waals surface area (Å²) in [5.41, 5.74) is -0.607. The van der Waals surface area contributed by atoms with Crippen molar-refractivity contribution in [2.24, 2.45) is 11.3 Å². The van der Waals surface area contributed by atoms with Crippen LogP contribution in [-0.4, -0.2) is 38.0 Å². The second-order valence-electron chi connectivity index (χ2n) is 4.46. The van der Waals surface area contributed by atoms with Crippen LogP contribution in [0.4, 0.5) is 0 Å². The Kier molecular flexibility index (Phi) is 8.17. The van der Waals surface area contributed by atoms with Gasteiger partial charge in [-0.2, -0.15) is 0 Å². The average molecular weight is 246 g/mol. The molecule has 1 unspecified atom stereocenters. The highest BCUT2D eigenvalue weighted by molar-refractivity contribution is 5.74. The van der Waals surface area contributed by atoms with Gasteiger partial charge in [0.05, 0.1) is 18.6 Å². The summed E-state index contributed by atoms with van der Waals surface area (Å²) in [4.78, 5) is 11.4. The lowest BCUT2D eigenvalue weighted by atomic mass is 9.71. The molecule has 17 heavy (non-hydrogen) atoms. The van der Waals surface area contributed by atoms with E-state index in [9.17, 15) is 9.90 Å². The highest BCUT2D eigenvalue weighted by Gasteiger charge is 2.39. The molecule has 0 heterocycles. The number of hydrogen-bond acceptors (Lipinski definition) is 3. The lowest BCUT2D eigenvalue weighted by molar-refractivity contribution is -0.153. The number of ether oxygens (including phenoxy) is 2. The molecule has 0 bridgehead atoms. The molecule has 4 heteroatoms. The van der Waals surface area contributed by atoms with Crippen molar-refractivity contribution in [1.82, 2.24) is 0 Å². The van der Waals surface area contributed by atoms with Crippen molar-refractivity contribution in [1.29, 1.82) is 0 Å². The van der Waals surface area contributed by atoms with Gasteiger partial charge in [-0.3, -0.25) is 4.79 Å². The molecule has 0 saturated heterocycles. The predicted molar refractivity (Wildman–Crippen MR) is 67.1 cm³/mol. The van der Waals surface area contributed by atoms with Gasteiger partial charge >= 0.3 is 5.97 Å². The van der Waals surface area contributed by atoms with Gasteiger partial charge in [0, 0.05) is 13.7 Å². The molecule has 0 aliphatic rings. The molecule has 1 atom stereocenters. The zero-order chi connectivity index (χ0) is 13.3. The highest BCUT2D eigenvalue weighted by Crippen LogP contribution is 2.37. The van der Waals surface area contributed by atoms with Crippen LogP contribution in [0.25, 0.3) is 0 Å². The fourth-order valence-corrected chi connectivity index (χ4v) is 2.24. The molecule has 0 radical (unpaired) electrons. The summed E-state index contributed by atoms with van der Waals surface area (Å²) in [5, 5.41) is 9.37. The maximum absolute atomic E-state index is 11.4. The zero-order valence-electron chi connectivity index (χ0n) is 11.5. The summed E-state index contributed by atoms with van der Waals surface area (Å²) in [6, 6.07) is 0. The van der Waals surface area contributed by atoms with Crippen molar-refractivity contribution in [3.05, 3.63) is 0 Å². The van der Waals surface area contributed by atoms with Crippen LogP contribution in [0.15, 0.2) is 0 Å². The van der Waals surface area contributed by atoms with E-state index in [-0.39, 0.29) is 5.92 Å². The van der Waals surface area contributed by atoms with E-state index in [4.69, 9.17) is 9.47 Å². The summed E-state index contributed by atoms with van der Waals surface area (Å²) in [6.07, 6.45) is 2.10. The van der Waals surface area contributed by atoms with Crippen molar-refractivity contribution in [3.63, 3.8) is 0 Å². The van der Waals surface area contributed by atoms with Gasteiger partial charge in [0.25, 0.3) is 0 Å². The molecule has 0 saturated carbocycles. The lowest BCUT2D eigenvalue weighted by Gasteiger charge is -2.33. The van der Waals surface area contributed by atoms with E-state index in [1.807, 2.05) is 20.8 Å². The number of carbonyl (C=O) groups is 1. The average Bonchev–Trinajstić information content (AvgIpc) is 2.30. The van der Waals surface area contributed by atoms with Crippen LogP contribution in [0.5, 0.6) is 0 Å². The van der Waals surface area contributed by atoms with E-state index in [1.54, 1.807) is 7.11 Å². The number of rotatable bonds is 10. The van der Waals surface area contributed by atoms with Crippen molar-refractivity contribution >= 4 is 5.97 Å². The number of aliphatic carboxylic acids is 1. The van der Waals surface area contributed by atoms with E-state index in [1.165, 1.54) is 0 Å². The number of carboxylic acids is 1. The van der Waals surface area contributed by atoms with E-state index in [0.717, 1.165) is 6.42 Å². The van der Waals surface area contributed by atoms with Crippen LogP contribution >= 0.6 is 0 Å². The molecule has 0 aliphatic carbocycles. The van der Waals surface area contributed by atoms with E-state index >= 15 is 0 Å². The van der Waals surface area contributed by atoms with Crippen molar-refractivity contribution in [3.8, 4) is 0 Å². The van der Waals surface area contributed by atoms with Gasteiger partial charge < -0.3 is 14.6 Å². The largest absolute Gasteiger partial charge is 0.481 e. The minimum absolute atomic E-state index is 0.123. The van der Waals surface area contributed by atoms with Crippen molar-refractivity contribution in [2.45, 2.75) is 40.0 Å². The Bertz CT molecular complexity index is 211. The molecule has 0 fully saturated rings. The minimum atomic E-state index is -0.688. The van der Waals surface area contributed by atoms with Crippen LogP contribution in [-0.2, 0) is 14.3 Å². The molecule has 0 aromatic carbocycles. The van der Waals surface area contributed by atoms with Crippen molar-refractivity contribution < 1.29 is 19.4 Å². The normalized spacial score (nSPS) is 13.6. The molecular formula is C13H26O4. The maximum atomic E-state index is 11.4. The lowest BCUT2D eigenvalue weighted by Crippen LogP contribution is -2.37. The molecule has 0 aliphatic heterocycles. The number of hydrogen-bond donors (Lipinski definition) is 1. The Morgan fingerprint density at radius 1 is 1.24 bits per heavy atom. The van der Waals surface area contributed by atoms with Gasteiger partial charge in [0.1, 0.15) is 0 Å². The van der Waals surface area contributed by atoms with Crippen LogP contribution in [0, 0.1) is 11.3 Å². The maximum Gasteiger partial charge on any atom is 0.309 e. The summed E-state index contributed by atoms with van der Waals surface area (Å²) < 4.78 is 10.3. The summed E-state index contributed by atoms with van der Waals surface area (Å²) in [5.74, 6) is -0.565. The fraction of sp³-hybridized carbons (Fsp3) is 0.923. The topological polar surface area (TPSA) is 55.8 Å². The van der Waals surface area contributed by atoms with Crippen molar-refractivity contribution in [2.75, 3.05) is 26.9 Å². The van der Waals surface area contributed by atoms with E-state index in [0.29, 0.717) is 32.7 Å². The van der Waals surface area contributed by atoms with Crippen LogP contribution in [0.3, 0.4) is 0 Å². The molecule has 0 amide bonds. The fourth-order valence-electron chi connectivity index (χ4n) is 2.24. The summed E-state index contributed by atoms with van der Waals surface area (Å²) in [7, 11) is 1.63. The molecule has 1 N–H and O–H groups in total. The third-order valence-corrected chi connectivity index (χ3v) is 3.76. The molecular weight excluding hydrogens is 220 g/mol. The third-order valence-electron chi connectivity index (χ3n) is 3.76. The second kappa shape index (κ2) is 8.48. The van der Waals surface area contributed by atoms with Gasteiger partial charge in [-0.05, 0) is 25.2 Å². The van der Waals surface area contributed by atoms with Gasteiger partial charge in [0.2, 0.25) is 0 Å². The summed E-state index contributed by atoms with van der Waals surface area (Å²) >= 11 is 0. The monoisotopic (exact) mass is 246 g/mol. The van der Waals surface area contributed by atoms with Gasteiger partial charge in [-0.15, -0.1) is 0 Å². The first kappa shape index (κ1) is 16.4. The van der Waals surface area contributed by atoms with Crippen LogP contribution < -0.4 is 0 Å². The SMILES string of the molecule is CCC(CC)(C(=O)O)C(C)CCOCCOC. The Morgan fingerprint density at radius 3 is 2.24 bits per heavy atom. The van der Waals surface area contributed by atoms with Gasteiger partial charge in [-0.1, -0.05) is 20.8 Å². The molecule has 102 valence electrons. The Hall–Kier alpha value is -0.610. The molecule has 0 spiro atoms. The first-order chi connectivity index (χ1) is 8.05. The predicted octanol–water partition coefficient (Wildman–Crippen LogP) is 2.57. The van der Waals surface area contributed by atoms with Crippen LogP contribution in [0.1, 0.15) is 40.0 Å². The first-order valence-corrected chi connectivity index (χ1v) is 6.35. The van der Waals surface area contributed by atoms with E-state index in [2.05, 4.69) is 0 Å². The molecule has 0 rings (SSSR count). The Balaban J connectivity index is 4.16. The van der Waals surface area contributed by atoms with E-state index < -0.39 is 11.4 Å². The summed E-state index contributed by atoms with van der Waals surface area (Å²) in [6.45, 7) is 7.64. The standard InChI is InChI=1S/C13H26O4/c1-5-13(6-2,12(14)15)11(3)7-8-17-10-9-16-4/h11H,5-10H2,1-4H3,(H,14,15). The zero-order valence-corrected chi connectivity index (χ0v) is 11.5. The van der Waals surface area contributed by atoms with Gasteiger partial charge in [0.15, 0.2) is 0 Å². The highest BCUT2D eigenvalue weighted by atomic mass is 16.5. The number of carboxylic acid groups (broad SMARTS) is 1. The molecule has 0 aromatic rings. The second-order valence-corrected chi connectivity index (χ2v) is 4.46. The minimum Gasteiger partial charge on any atom is -0.481 e. The molecule has 4 nitrogen and oxygen atoms in total. The smallest absolute Gasteiger partial charge is 0.309 e. The Morgan fingerprint density at radius 2 is 1.82 bits per heavy atom. The molecule has 0 aromatic heterocycles. The first-order valence-electron chi connectivity index (χ1n) is 6.35. The third kappa shape index (κ3) is 4.64. The number of methoxy groups -OCH3 is 1. The van der Waals surface area contributed by atoms with Crippen LogP contribution in [0.2, 0.25) is 0 Å². The van der Waals surface area contributed by atoms with Gasteiger partial charge in [-0.25, -0.2) is 0 Å². The quantitative estimate of drug-likeness (QED) is 0.602.